The van der Waals surface area contributed by atoms with Crippen molar-refractivity contribution in [2.24, 2.45) is 0 Å². The van der Waals surface area contributed by atoms with Gasteiger partial charge in [0.15, 0.2) is 0 Å². The van der Waals surface area contributed by atoms with Crippen molar-refractivity contribution >= 4 is 11.0 Å². The largest absolute Gasteiger partial charge is 0.477 e. The molecule has 0 aliphatic heterocycles. The molecular formula is C38H28IrN2O-2. The van der Waals surface area contributed by atoms with Gasteiger partial charge in [0, 0.05) is 46.3 Å². The van der Waals surface area contributed by atoms with E-state index in [1.54, 1.807) is 6.20 Å². The minimum atomic E-state index is -2.61. The molecule has 0 bridgehead atoms. The average Bonchev–Trinajstić information content (AvgIpc) is 3.53. The van der Waals surface area contributed by atoms with Gasteiger partial charge < -0.3 is 14.4 Å². The molecule has 0 aliphatic rings. The molecule has 0 saturated carbocycles. The van der Waals surface area contributed by atoms with E-state index in [9.17, 15) is 0 Å². The van der Waals surface area contributed by atoms with E-state index in [0.29, 0.717) is 22.6 Å². The van der Waals surface area contributed by atoms with E-state index in [0.717, 1.165) is 39.5 Å². The van der Waals surface area contributed by atoms with E-state index in [1.807, 2.05) is 115 Å². The maximum atomic E-state index is 7.89. The molecule has 0 unspecified atom stereocenters. The maximum absolute atomic E-state index is 7.89. The molecule has 4 aromatic carbocycles. The molecule has 3 aromatic heterocycles. The smallest absolute Gasteiger partial charge is 0.123 e. The Labute approximate surface area is 268 Å². The van der Waals surface area contributed by atoms with Crippen molar-refractivity contribution in [3.05, 3.63) is 157 Å². The van der Waals surface area contributed by atoms with Gasteiger partial charge in [-0.3, -0.25) is 0 Å². The summed E-state index contributed by atoms with van der Waals surface area (Å²) in [6.07, 6.45) is 2.91. The molecule has 7 aromatic rings. The van der Waals surface area contributed by atoms with Crippen molar-refractivity contribution in [1.29, 1.82) is 0 Å². The zero-order chi connectivity index (χ0) is 33.0. The van der Waals surface area contributed by atoms with Gasteiger partial charge in [-0.15, -0.1) is 47.5 Å². The van der Waals surface area contributed by atoms with Gasteiger partial charge in [0.1, 0.15) is 5.76 Å². The second kappa shape index (κ2) is 13.4. The maximum Gasteiger partial charge on any atom is 0.123 e. The molecule has 0 fully saturated rings. The average molecular weight is 727 g/mol. The van der Waals surface area contributed by atoms with Crippen LogP contribution in [0.2, 0.25) is 0 Å². The van der Waals surface area contributed by atoms with E-state index in [2.05, 4.69) is 22.1 Å². The van der Waals surface area contributed by atoms with Crippen LogP contribution in [0.15, 0.2) is 138 Å². The van der Waals surface area contributed by atoms with Crippen LogP contribution < -0.4 is 0 Å². The molecule has 0 aliphatic carbocycles. The van der Waals surface area contributed by atoms with Crippen molar-refractivity contribution < 1.29 is 32.7 Å². The van der Waals surface area contributed by atoms with E-state index >= 15 is 0 Å². The van der Waals surface area contributed by atoms with Crippen LogP contribution in [0.3, 0.4) is 0 Å². The van der Waals surface area contributed by atoms with E-state index in [4.69, 9.17) is 12.6 Å². The summed E-state index contributed by atoms with van der Waals surface area (Å²) in [6.45, 7) is -5.21. The molecule has 0 spiro atoms. The quantitative estimate of drug-likeness (QED) is 0.170. The van der Waals surface area contributed by atoms with Crippen LogP contribution in [-0.2, 0) is 20.1 Å². The summed E-state index contributed by atoms with van der Waals surface area (Å²) >= 11 is 0. The zero-order valence-electron chi connectivity index (χ0n) is 28.3. The summed E-state index contributed by atoms with van der Waals surface area (Å²) in [6, 6.07) is 44.7. The van der Waals surface area contributed by atoms with Gasteiger partial charge in [-0.25, -0.2) is 0 Å². The first-order valence-corrected chi connectivity index (χ1v) is 13.1. The Hall–Kier alpha value is -4.63. The first-order valence-electron chi connectivity index (χ1n) is 16.1. The monoisotopic (exact) mass is 727 g/mol. The number of pyridine rings is 2. The second-order valence-corrected chi connectivity index (χ2v) is 9.29. The standard InChI is InChI=1S/C27H20NO.C11H8N.Ir/c1-18-13-25(28-17-19(18)2)22-14-23(20-9-5-3-6-10-20)24-16-26(29-27(24)15-22)21-11-7-4-8-12-21;1-2-6-10(7-3-1)11-8-4-5-9-12-11;/h3-14,16-17H,1-2H3;1-6,8-9H;/q2*-1;/i1D3,2D3;;. The Morgan fingerprint density at radius 2 is 1.40 bits per heavy atom. The van der Waals surface area contributed by atoms with Crippen LogP contribution in [0.1, 0.15) is 19.4 Å². The molecule has 1 radical (unpaired) electrons. The second-order valence-electron chi connectivity index (χ2n) is 9.29. The van der Waals surface area contributed by atoms with Gasteiger partial charge in [0.25, 0.3) is 0 Å². The van der Waals surface area contributed by atoms with Gasteiger partial charge in [-0.05, 0) is 48.4 Å². The van der Waals surface area contributed by atoms with Crippen LogP contribution in [0, 0.1) is 25.8 Å². The summed E-state index contributed by atoms with van der Waals surface area (Å²) in [5, 5.41) is 0.856. The van der Waals surface area contributed by atoms with Gasteiger partial charge in [-0.1, -0.05) is 101 Å². The summed E-state index contributed by atoms with van der Waals surface area (Å²) in [5.41, 5.74) is 5.53. The Morgan fingerprint density at radius 3 is 2.10 bits per heavy atom. The first-order chi connectivity index (χ1) is 22.6. The number of fused-ring (bicyclic) bond motifs is 1. The fraction of sp³-hybridized carbons (Fsp3) is 0.0526. The van der Waals surface area contributed by atoms with Gasteiger partial charge in [0.2, 0.25) is 0 Å². The molecule has 0 saturated heterocycles. The van der Waals surface area contributed by atoms with Crippen molar-refractivity contribution in [2.45, 2.75) is 13.7 Å². The summed E-state index contributed by atoms with van der Waals surface area (Å²) in [5.74, 6) is 0.681. The number of benzene rings is 4. The fourth-order valence-electron chi connectivity index (χ4n) is 4.48. The first kappa shape index (κ1) is 22.0. The molecule has 4 heteroatoms. The van der Waals surface area contributed by atoms with E-state index in [1.165, 1.54) is 6.07 Å². The van der Waals surface area contributed by atoms with Crippen LogP contribution in [0.4, 0.5) is 0 Å². The van der Waals surface area contributed by atoms with Crippen molar-refractivity contribution in [3.8, 4) is 45.0 Å². The molecule has 3 nitrogen and oxygen atoms in total. The van der Waals surface area contributed by atoms with Crippen LogP contribution in [-0.4, -0.2) is 9.97 Å². The Morgan fingerprint density at radius 1 is 0.667 bits per heavy atom. The molecular weight excluding hydrogens is 693 g/mol. The summed E-state index contributed by atoms with van der Waals surface area (Å²) in [4.78, 5) is 8.53. The molecule has 0 atom stereocenters. The number of furan rings is 1. The number of aryl methyl sites for hydroxylation is 2. The number of nitrogens with zero attached hydrogens (tertiary/aromatic N) is 2. The third-order valence-corrected chi connectivity index (χ3v) is 6.53. The SMILES string of the molecule is [2H]C([2H])([2H])c1cnc(-c2[c-]c3oc(-c4ccccc4)cc3c(-c3ccccc3)c2)cc1C([2H])([2H])[2H].[Ir].[c-]1ccccc1-c1ccccn1. The Balaban J connectivity index is 0.000000291. The summed E-state index contributed by atoms with van der Waals surface area (Å²) in [7, 11) is 0. The molecule has 3 heterocycles. The topological polar surface area (TPSA) is 38.9 Å². The Bertz CT molecular complexity index is 2060. The van der Waals surface area contributed by atoms with Crippen molar-refractivity contribution in [2.75, 3.05) is 0 Å². The number of aromatic nitrogens is 2. The van der Waals surface area contributed by atoms with Crippen molar-refractivity contribution in [1.82, 2.24) is 9.97 Å². The normalized spacial score (nSPS) is 13.1. The number of hydrogen-bond donors (Lipinski definition) is 0. The molecule has 7 rings (SSSR count). The van der Waals surface area contributed by atoms with Crippen LogP contribution in [0.5, 0.6) is 0 Å². The van der Waals surface area contributed by atoms with Crippen molar-refractivity contribution in [3.63, 3.8) is 0 Å². The molecule has 207 valence electrons. The fourth-order valence-corrected chi connectivity index (χ4v) is 4.48. The number of rotatable bonds is 4. The molecule has 0 amide bonds. The van der Waals surface area contributed by atoms with E-state index < -0.39 is 13.7 Å². The van der Waals surface area contributed by atoms with Gasteiger partial charge >= 0.3 is 0 Å². The predicted molar refractivity (Wildman–Crippen MR) is 167 cm³/mol. The minimum Gasteiger partial charge on any atom is -0.477 e. The third kappa shape index (κ3) is 6.47. The van der Waals surface area contributed by atoms with Gasteiger partial charge in [0.05, 0.1) is 5.58 Å². The minimum absolute atomic E-state index is 0. The van der Waals surface area contributed by atoms with Crippen LogP contribution in [0.25, 0.3) is 55.9 Å². The molecule has 0 N–H and O–H groups in total. The van der Waals surface area contributed by atoms with Gasteiger partial charge in [-0.2, -0.15) is 0 Å². The third-order valence-electron chi connectivity index (χ3n) is 6.53. The summed E-state index contributed by atoms with van der Waals surface area (Å²) < 4.78 is 53.0. The Kier molecular flexibility index (Phi) is 7.00. The molecule has 42 heavy (non-hydrogen) atoms. The number of hydrogen-bond acceptors (Lipinski definition) is 3. The predicted octanol–water partition coefficient (Wildman–Crippen LogP) is 9.79. The van der Waals surface area contributed by atoms with E-state index in [-0.39, 0.29) is 31.2 Å². The van der Waals surface area contributed by atoms with Crippen LogP contribution >= 0.6 is 0 Å². The zero-order valence-corrected chi connectivity index (χ0v) is 24.7.